The molecule has 0 fully saturated rings. The van der Waals surface area contributed by atoms with Crippen LogP contribution in [0.3, 0.4) is 0 Å². The van der Waals surface area contributed by atoms with E-state index in [1.165, 1.54) is 5.56 Å². The van der Waals surface area contributed by atoms with Gasteiger partial charge in [-0.3, -0.25) is 4.79 Å². The molecule has 0 aliphatic heterocycles. The highest BCUT2D eigenvalue weighted by atomic mass is 79.9. The predicted molar refractivity (Wildman–Crippen MR) is 80.2 cm³/mol. The highest BCUT2D eigenvalue weighted by Gasteiger charge is 2.15. The number of aromatic amines is 1. The van der Waals surface area contributed by atoms with Gasteiger partial charge in [-0.05, 0) is 40.9 Å². The minimum atomic E-state index is 0.0455. The van der Waals surface area contributed by atoms with Crippen molar-refractivity contribution >= 4 is 21.8 Å². The third-order valence-electron chi connectivity index (χ3n) is 3.06. The smallest absolute Gasteiger partial charge is 0.270 e. The van der Waals surface area contributed by atoms with E-state index in [4.69, 9.17) is 0 Å². The standard InChI is InChI=1S/C15H17BrN2O/c1-2-18(9-8-12-6-4-3-5-7-12)15(19)14-10-13(16)11-17-14/h3-7,10-11,17H,2,8-9H2,1H3. The quantitative estimate of drug-likeness (QED) is 0.899. The summed E-state index contributed by atoms with van der Waals surface area (Å²) in [6.07, 6.45) is 2.65. The molecular weight excluding hydrogens is 304 g/mol. The number of H-pyrrole nitrogens is 1. The molecule has 4 heteroatoms. The molecule has 0 bridgehead atoms. The molecule has 0 unspecified atom stereocenters. The van der Waals surface area contributed by atoms with Crippen LogP contribution in [0.1, 0.15) is 23.0 Å². The first-order valence-electron chi connectivity index (χ1n) is 6.38. The number of likely N-dealkylation sites (N-methyl/N-ethyl adjacent to an activating group) is 1. The minimum Gasteiger partial charge on any atom is -0.356 e. The molecule has 2 aromatic rings. The molecular formula is C15H17BrN2O. The number of amides is 1. The van der Waals surface area contributed by atoms with E-state index in [2.05, 4.69) is 33.0 Å². The SMILES string of the molecule is CCN(CCc1ccccc1)C(=O)c1cc(Br)c[nH]1. The Kier molecular flexibility index (Phi) is 4.80. The number of hydrogen-bond donors (Lipinski definition) is 1. The summed E-state index contributed by atoms with van der Waals surface area (Å²) in [4.78, 5) is 17.1. The lowest BCUT2D eigenvalue weighted by molar-refractivity contribution is 0.0761. The molecule has 2 rings (SSSR count). The van der Waals surface area contributed by atoms with Crippen LogP contribution in [0.25, 0.3) is 0 Å². The molecule has 100 valence electrons. The number of halogens is 1. The lowest BCUT2D eigenvalue weighted by Gasteiger charge is -2.20. The normalized spacial score (nSPS) is 10.4. The van der Waals surface area contributed by atoms with Crippen LogP contribution in [-0.4, -0.2) is 28.9 Å². The van der Waals surface area contributed by atoms with Crippen LogP contribution >= 0.6 is 15.9 Å². The summed E-state index contributed by atoms with van der Waals surface area (Å²) in [6, 6.07) is 12.0. The number of benzene rings is 1. The van der Waals surface area contributed by atoms with Crippen molar-refractivity contribution in [1.29, 1.82) is 0 Å². The second kappa shape index (κ2) is 6.57. The van der Waals surface area contributed by atoms with Gasteiger partial charge in [0.2, 0.25) is 0 Å². The summed E-state index contributed by atoms with van der Waals surface area (Å²) in [5.41, 5.74) is 1.88. The van der Waals surface area contributed by atoms with Gasteiger partial charge in [0.1, 0.15) is 5.69 Å². The van der Waals surface area contributed by atoms with Crippen LogP contribution in [-0.2, 0) is 6.42 Å². The molecule has 3 nitrogen and oxygen atoms in total. The summed E-state index contributed by atoms with van der Waals surface area (Å²) in [5, 5.41) is 0. The first-order chi connectivity index (χ1) is 9.20. The van der Waals surface area contributed by atoms with E-state index in [1.807, 2.05) is 36.1 Å². The predicted octanol–water partition coefficient (Wildman–Crippen LogP) is 3.48. The highest BCUT2D eigenvalue weighted by Crippen LogP contribution is 2.13. The lowest BCUT2D eigenvalue weighted by Crippen LogP contribution is -2.32. The topological polar surface area (TPSA) is 36.1 Å². The molecule has 1 heterocycles. The summed E-state index contributed by atoms with van der Waals surface area (Å²) >= 11 is 3.35. The van der Waals surface area contributed by atoms with E-state index in [9.17, 15) is 4.79 Å². The molecule has 0 saturated carbocycles. The van der Waals surface area contributed by atoms with Crippen LogP contribution in [0.5, 0.6) is 0 Å². The van der Waals surface area contributed by atoms with E-state index >= 15 is 0 Å². The maximum Gasteiger partial charge on any atom is 0.270 e. The zero-order valence-electron chi connectivity index (χ0n) is 10.9. The van der Waals surface area contributed by atoms with E-state index in [-0.39, 0.29) is 5.91 Å². The number of nitrogens with one attached hydrogen (secondary N) is 1. The van der Waals surface area contributed by atoms with E-state index in [0.29, 0.717) is 12.2 Å². The molecule has 0 aliphatic rings. The van der Waals surface area contributed by atoms with Crippen LogP contribution in [0.2, 0.25) is 0 Å². The number of carbonyl (C=O) groups excluding carboxylic acids is 1. The average molecular weight is 321 g/mol. The maximum atomic E-state index is 12.3. The molecule has 1 aromatic carbocycles. The molecule has 0 radical (unpaired) electrons. The Labute approximate surface area is 121 Å². The van der Waals surface area contributed by atoms with Crippen molar-refractivity contribution in [2.45, 2.75) is 13.3 Å². The Morgan fingerprint density at radius 3 is 2.63 bits per heavy atom. The lowest BCUT2D eigenvalue weighted by atomic mass is 10.1. The first-order valence-corrected chi connectivity index (χ1v) is 7.17. The highest BCUT2D eigenvalue weighted by molar-refractivity contribution is 9.10. The first kappa shape index (κ1) is 13.9. The largest absolute Gasteiger partial charge is 0.356 e. The zero-order chi connectivity index (χ0) is 13.7. The van der Waals surface area contributed by atoms with E-state index in [0.717, 1.165) is 17.4 Å². The number of aromatic nitrogens is 1. The molecule has 1 amide bonds. The summed E-state index contributed by atoms with van der Waals surface area (Å²) in [6.45, 7) is 3.44. The second-order valence-corrected chi connectivity index (χ2v) is 5.27. The van der Waals surface area contributed by atoms with Crippen molar-refractivity contribution in [3.8, 4) is 0 Å². The number of rotatable bonds is 5. The third kappa shape index (κ3) is 3.70. The van der Waals surface area contributed by atoms with Crippen LogP contribution < -0.4 is 0 Å². The Morgan fingerprint density at radius 2 is 2.05 bits per heavy atom. The van der Waals surface area contributed by atoms with Crippen LogP contribution in [0.4, 0.5) is 0 Å². The monoisotopic (exact) mass is 320 g/mol. The number of carbonyl (C=O) groups is 1. The van der Waals surface area contributed by atoms with Crippen LogP contribution in [0, 0.1) is 0 Å². The Hall–Kier alpha value is -1.55. The van der Waals surface area contributed by atoms with Crippen molar-refractivity contribution < 1.29 is 4.79 Å². The fourth-order valence-corrected chi connectivity index (χ4v) is 2.32. The molecule has 0 aliphatic carbocycles. The third-order valence-corrected chi connectivity index (χ3v) is 3.52. The molecule has 0 saturated heterocycles. The number of nitrogens with zero attached hydrogens (tertiary/aromatic N) is 1. The van der Waals surface area contributed by atoms with Gasteiger partial charge in [0, 0.05) is 23.8 Å². The molecule has 0 atom stereocenters. The summed E-state index contributed by atoms with van der Waals surface area (Å²) in [7, 11) is 0. The molecule has 1 aromatic heterocycles. The van der Waals surface area contributed by atoms with Crippen molar-refractivity contribution in [1.82, 2.24) is 9.88 Å². The van der Waals surface area contributed by atoms with Gasteiger partial charge >= 0.3 is 0 Å². The molecule has 1 N–H and O–H groups in total. The van der Waals surface area contributed by atoms with Gasteiger partial charge < -0.3 is 9.88 Å². The van der Waals surface area contributed by atoms with E-state index < -0.39 is 0 Å². The maximum absolute atomic E-state index is 12.3. The Bertz CT molecular complexity index is 536. The zero-order valence-corrected chi connectivity index (χ0v) is 12.5. The van der Waals surface area contributed by atoms with Crippen molar-refractivity contribution in [2.24, 2.45) is 0 Å². The summed E-state index contributed by atoms with van der Waals surface area (Å²) in [5.74, 6) is 0.0455. The number of hydrogen-bond acceptors (Lipinski definition) is 1. The van der Waals surface area contributed by atoms with Gasteiger partial charge in [-0.15, -0.1) is 0 Å². The average Bonchev–Trinajstić information content (AvgIpc) is 2.87. The fraction of sp³-hybridized carbons (Fsp3) is 0.267. The molecule has 0 spiro atoms. The van der Waals surface area contributed by atoms with Gasteiger partial charge in [0.05, 0.1) is 0 Å². The van der Waals surface area contributed by atoms with Gasteiger partial charge in [-0.2, -0.15) is 0 Å². The fourth-order valence-electron chi connectivity index (χ4n) is 1.97. The molecule has 19 heavy (non-hydrogen) atoms. The van der Waals surface area contributed by atoms with Crippen molar-refractivity contribution in [3.05, 3.63) is 58.3 Å². The van der Waals surface area contributed by atoms with Crippen molar-refractivity contribution in [3.63, 3.8) is 0 Å². The van der Waals surface area contributed by atoms with Crippen LogP contribution in [0.15, 0.2) is 47.1 Å². The Morgan fingerprint density at radius 1 is 1.32 bits per heavy atom. The van der Waals surface area contributed by atoms with E-state index in [1.54, 1.807) is 6.20 Å². The van der Waals surface area contributed by atoms with Gasteiger partial charge in [-0.25, -0.2) is 0 Å². The summed E-state index contributed by atoms with van der Waals surface area (Å²) < 4.78 is 0.898. The van der Waals surface area contributed by atoms with Gasteiger partial charge in [0.25, 0.3) is 5.91 Å². The Balaban J connectivity index is 1.98. The van der Waals surface area contributed by atoms with Crippen molar-refractivity contribution in [2.75, 3.05) is 13.1 Å². The second-order valence-electron chi connectivity index (χ2n) is 4.35. The van der Waals surface area contributed by atoms with Gasteiger partial charge in [-0.1, -0.05) is 30.3 Å². The minimum absolute atomic E-state index is 0.0455. The van der Waals surface area contributed by atoms with Gasteiger partial charge in [0.15, 0.2) is 0 Å².